The molecule has 1 saturated heterocycles. The van der Waals surface area contributed by atoms with Gasteiger partial charge in [-0.25, -0.2) is 4.68 Å². The fourth-order valence-electron chi connectivity index (χ4n) is 2.24. The average Bonchev–Trinajstić information content (AvgIpc) is 2.98. The Morgan fingerprint density at radius 1 is 1.38 bits per heavy atom. The molecule has 0 aromatic carbocycles. The average molecular weight is 340 g/mol. The first-order chi connectivity index (χ1) is 11.6. The highest BCUT2D eigenvalue weighted by Gasteiger charge is 2.19. The molecule has 24 heavy (non-hydrogen) atoms. The number of nitrogens with one attached hydrogen (secondary N) is 1. The third-order valence-corrected chi connectivity index (χ3v) is 3.59. The number of nitrogens with zero attached hydrogens (tertiary/aromatic N) is 3. The number of methoxy groups -OCH3 is 1. The molecule has 1 fully saturated rings. The van der Waals surface area contributed by atoms with Crippen molar-refractivity contribution in [1.82, 2.24) is 20.0 Å². The predicted molar refractivity (Wildman–Crippen MR) is 84.9 cm³/mol. The molecule has 1 aliphatic rings. The van der Waals surface area contributed by atoms with E-state index in [-0.39, 0.29) is 24.1 Å². The molecule has 9 nitrogen and oxygen atoms in total. The van der Waals surface area contributed by atoms with Gasteiger partial charge in [0.15, 0.2) is 12.3 Å². The van der Waals surface area contributed by atoms with Crippen LogP contribution in [0.5, 0.6) is 5.88 Å². The van der Waals surface area contributed by atoms with Crippen molar-refractivity contribution < 1.29 is 23.8 Å². The SMILES string of the molecule is COCCCNC(=O)c1cc(OCC(=O)N2CCOCC2)n(C)n1. The summed E-state index contributed by atoms with van der Waals surface area (Å²) < 4.78 is 17.1. The smallest absolute Gasteiger partial charge is 0.271 e. The molecule has 2 heterocycles. The Kier molecular flexibility index (Phi) is 7.01. The van der Waals surface area contributed by atoms with E-state index >= 15 is 0 Å². The summed E-state index contributed by atoms with van der Waals surface area (Å²) >= 11 is 0. The second kappa shape index (κ2) is 9.24. The number of amides is 2. The van der Waals surface area contributed by atoms with Crippen LogP contribution in [0.1, 0.15) is 16.9 Å². The number of morpholine rings is 1. The first-order valence-corrected chi connectivity index (χ1v) is 7.91. The van der Waals surface area contributed by atoms with Gasteiger partial charge in [-0.15, -0.1) is 0 Å². The van der Waals surface area contributed by atoms with Crippen LogP contribution in [0.2, 0.25) is 0 Å². The van der Waals surface area contributed by atoms with Gasteiger partial charge < -0.3 is 24.4 Å². The minimum Gasteiger partial charge on any atom is -0.468 e. The summed E-state index contributed by atoms with van der Waals surface area (Å²) in [6.45, 7) is 3.24. The van der Waals surface area contributed by atoms with E-state index in [9.17, 15) is 9.59 Å². The monoisotopic (exact) mass is 340 g/mol. The third kappa shape index (κ3) is 5.20. The number of aromatic nitrogens is 2. The van der Waals surface area contributed by atoms with Gasteiger partial charge >= 0.3 is 0 Å². The minimum absolute atomic E-state index is 0.0889. The fraction of sp³-hybridized carbons (Fsp3) is 0.667. The molecular formula is C15H24N4O5. The Labute approximate surface area is 140 Å². The van der Waals surface area contributed by atoms with Crippen molar-refractivity contribution in [3.8, 4) is 5.88 Å². The zero-order valence-electron chi connectivity index (χ0n) is 14.1. The van der Waals surface area contributed by atoms with Crippen molar-refractivity contribution in [2.24, 2.45) is 7.05 Å². The fourth-order valence-corrected chi connectivity index (χ4v) is 2.24. The largest absolute Gasteiger partial charge is 0.468 e. The number of aryl methyl sites for hydroxylation is 1. The van der Waals surface area contributed by atoms with Gasteiger partial charge in [-0.05, 0) is 6.42 Å². The van der Waals surface area contributed by atoms with Crippen LogP contribution in [-0.4, -0.2) is 79.7 Å². The summed E-state index contributed by atoms with van der Waals surface area (Å²) in [5.41, 5.74) is 0.253. The van der Waals surface area contributed by atoms with Gasteiger partial charge in [0.2, 0.25) is 5.88 Å². The number of carbonyl (C=O) groups excluding carboxylic acids is 2. The van der Waals surface area contributed by atoms with E-state index in [1.54, 1.807) is 19.1 Å². The van der Waals surface area contributed by atoms with E-state index in [0.717, 1.165) is 6.42 Å². The van der Waals surface area contributed by atoms with Crippen LogP contribution >= 0.6 is 0 Å². The van der Waals surface area contributed by atoms with Crippen LogP contribution in [0.3, 0.4) is 0 Å². The third-order valence-electron chi connectivity index (χ3n) is 3.59. The van der Waals surface area contributed by atoms with Gasteiger partial charge in [0.25, 0.3) is 11.8 Å². The first kappa shape index (κ1) is 18.2. The van der Waals surface area contributed by atoms with Crippen molar-refractivity contribution in [1.29, 1.82) is 0 Å². The zero-order chi connectivity index (χ0) is 17.4. The molecule has 1 aromatic rings. The summed E-state index contributed by atoms with van der Waals surface area (Å²) in [5, 5.41) is 6.85. The maximum Gasteiger partial charge on any atom is 0.271 e. The van der Waals surface area contributed by atoms with E-state index in [4.69, 9.17) is 14.2 Å². The van der Waals surface area contributed by atoms with E-state index in [0.29, 0.717) is 45.3 Å². The standard InChI is InChI=1S/C15H24N4O5/c1-18-14(24-11-13(20)19-5-8-23-9-6-19)10-12(17-18)15(21)16-4-3-7-22-2/h10H,3-9,11H2,1-2H3,(H,16,21). The molecule has 134 valence electrons. The van der Waals surface area contributed by atoms with Crippen LogP contribution in [0.4, 0.5) is 0 Å². The molecule has 0 radical (unpaired) electrons. The molecule has 2 rings (SSSR count). The van der Waals surface area contributed by atoms with Crippen LogP contribution in [0.15, 0.2) is 6.07 Å². The minimum atomic E-state index is -0.281. The van der Waals surface area contributed by atoms with E-state index in [1.807, 2.05) is 0 Å². The van der Waals surface area contributed by atoms with Crippen LogP contribution in [0.25, 0.3) is 0 Å². The molecule has 1 aromatic heterocycles. The molecule has 0 bridgehead atoms. The lowest BCUT2D eigenvalue weighted by molar-refractivity contribution is -0.137. The molecule has 0 aliphatic carbocycles. The highest BCUT2D eigenvalue weighted by molar-refractivity contribution is 5.92. The van der Waals surface area contributed by atoms with Crippen molar-refractivity contribution in [3.63, 3.8) is 0 Å². The Balaban J connectivity index is 1.82. The van der Waals surface area contributed by atoms with Gasteiger partial charge in [-0.2, -0.15) is 5.10 Å². The highest BCUT2D eigenvalue weighted by Crippen LogP contribution is 2.12. The van der Waals surface area contributed by atoms with Gasteiger partial charge in [0.1, 0.15) is 0 Å². The molecule has 0 spiro atoms. The van der Waals surface area contributed by atoms with Crippen molar-refractivity contribution in [2.45, 2.75) is 6.42 Å². The van der Waals surface area contributed by atoms with Crippen LogP contribution in [-0.2, 0) is 21.3 Å². The molecule has 1 aliphatic heterocycles. The molecule has 9 heteroatoms. The van der Waals surface area contributed by atoms with Crippen molar-refractivity contribution in [2.75, 3.05) is 53.2 Å². The second-order valence-electron chi connectivity index (χ2n) is 5.38. The number of hydrogen-bond acceptors (Lipinski definition) is 6. The maximum atomic E-state index is 12.1. The summed E-state index contributed by atoms with van der Waals surface area (Å²) in [4.78, 5) is 25.7. The zero-order valence-corrected chi connectivity index (χ0v) is 14.1. The number of hydrogen-bond donors (Lipinski definition) is 1. The summed E-state index contributed by atoms with van der Waals surface area (Å²) in [7, 11) is 3.28. The summed E-state index contributed by atoms with van der Waals surface area (Å²) in [5.74, 6) is -0.0141. The van der Waals surface area contributed by atoms with Gasteiger partial charge in [0.05, 0.1) is 13.2 Å². The molecule has 1 N–H and O–H groups in total. The van der Waals surface area contributed by atoms with Gasteiger partial charge in [-0.1, -0.05) is 0 Å². The maximum absolute atomic E-state index is 12.1. The molecule has 0 atom stereocenters. The topological polar surface area (TPSA) is 94.9 Å². The Bertz CT molecular complexity index is 554. The summed E-state index contributed by atoms with van der Waals surface area (Å²) in [6, 6.07) is 1.53. The lowest BCUT2D eigenvalue weighted by atomic mass is 10.3. The number of rotatable bonds is 8. The van der Waals surface area contributed by atoms with Crippen LogP contribution in [0, 0.1) is 0 Å². The molecule has 2 amide bonds. The van der Waals surface area contributed by atoms with Gasteiger partial charge in [0, 0.05) is 46.5 Å². The predicted octanol–water partition coefficient (Wildman–Crippen LogP) is -0.576. The lowest BCUT2D eigenvalue weighted by Gasteiger charge is -2.26. The van der Waals surface area contributed by atoms with Gasteiger partial charge in [-0.3, -0.25) is 9.59 Å². The molecule has 0 unspecified atom stereocenters. The number of carbonyl (C=O) groups is 2. The molecule has 0 saturated carbocycles. The van der Waals surface area contributed by atoms with E-state index in [1.165, 1.54) is 10.7 Å². The lowest BCUT2D eigenvalue weighted by Crippen LogP contribution is -2.43. The Morgan fingerprint density at radius 3 is 2.83 bits per heavy atom. The Hall–Kier alpha value is -2.13. The van der Waals surface area contributed by atoms with Crippen LogP contribution < -0.4 is 10.1 Å². The second-order valence-corrected chi connectivity index (χ2v) is 5.38. The van der Waals surface area contributed by atoms with Crippen molar-refractivity contribution in [3.05, 3.63) is 11.8 Å². The summed E-state index contributed by atoms with van der Waals surface area (Å²) in [6.07, 6.45) is 0.729. The quantitative estimate of drug-likeness (QED) is 0.637. The first-order valence-electron chi connectivity index (χ1n) is 7.91. The normalized spacial score (nSPS) is 14.5. The highest BCUT2D eigenvalue weighted by atomic mass is 16.5. The van der Waals surface area contributed by atoms with Crippen molar-refractivity contribution >= 4 is 11.8 Å². The Morgan fingerprint density at radius 2 is 2.12 bits per heavy atom. The number of ether oxygens (including phenoxy) is 3. The van der Waals surface area contributed by atoms with E-state index < -0.39 is 0 Å². The molecular weight excluding hydrogens is 316 g/mol. The van der Waals surface area contributed by atoms with E-state index in [2.05, 4.69) is 10.4 Å².